The Labute approximate surface area is 119 Å². The maximum absolute atomic E-state index is 4.53. The third-order valence-electron chi connectivity index (χ3n) is 2.91. The van der Waals surface area contributed by atoms with Gasteiger partial charge >= 0.3 is 0 Å². The average Bonchev–Trinajstić information content (AvgIpc) is 2.89. The maximum atomic E-state index is 4.53. The van der Waals surface area contributed by atoms with E-state index in [2.05, 4.69) is 65.1 Å². The maximum Gasteiger partial charge on any atom is 0.128 e. The molecule has 0 unspecified atom stereocenters. The molecule has 3 nitrogen and oxygen atoms in total. The van der Waals surface area contributed by atoms with Gasteiger partial charge in [0.2, 0.25) is 0 Å². The van der Waals surface area contributed by atoms with Crippen molar-refractivity contribution < 1.29 is 0 Å². The molecular weight excluding hydrogens is 254 g/mol. The minimum Gasteiger partial charge on any atom is -0.355 e. The van der Waals surface area contributed by atoms with Gasteiger partial charge in [0, 0.05) is 32.4 Å². The summed E-state index contributed by atoms with van der Waals surface area (Å²) in [6.45, 7) is 6.08. The van der Waals surface area contributed by atoms with Crippen molar-refractivity contribution in [2.75, 3.05) is 11.9 Å². The average molecular weight is 275 g/mol. The highest BCUT2D eigenvalue weighted by molar-refractivity contribution is 7.07. The van der Waals surface area contributed by atoms with Gasteiger partial charge in [0.1, 0.15) is 5.82 Å². The second-order valence-corrected chi connectivity index (χ2v) is 5.83. The molecule has 2 rings (SSSR count). The molecule has 0 aromatic carbocycles. The molecule has 1 N–H and O–H groups in total. The molecular formula is C15H21N3S. The van der Waals surface area contributed by atoms with Crippen molar-refractivity contribution in [1.82, 2.24) is 10.3 Å². The molecule has 0 aliphatic heterocycles. The van der Waals surface area contributed by atoms with Crippen molar-refractivity contribution in [2.24, 2.45) is 0 Å². The summed E-state index contributed by atoms with van der Waals surface area (Å²) in [6, 6.07) is 6.88. The second kappa shape index (κ2) is 6.68. The molecule has 0 spiro atoms. The normalized spacial score (nSPS) is 10.9. The Kier molecular flexibility index (Phi) is 4.93. The van der Waals surface area contributed by atoms with E-state index in [-0.39, 0.29) is 0 Å². The van der Waals surface area contributed by atoms with Crippen molar-refractivity contribution >= 4 is 17.2 Å². The van der Waals surface area contributed by atoms with E-state index in [4.69, 9.17) is 0 Å². The van der Waals surface area contributed by atoms with Crippen LogP contribution in [0.3, 0.4) is 0 Å². The topological polar surface area (TPSA) is 28.2 Å². The van der Waals surface area contributed by atoms with Crippen LogP contribution in [0.2, 0.25) is 0 Å². The van der Waals surface area contributed by atoms with Crippen LogP contribution in [0, 0.1) is 0 Å². The van der Waals surface area contributed by atoms with Gasteiger partial charge in [0.25, 0.3) is 0 Å². The molecule has 0 aliphatic rings. The molecule has 0 saturated carbocycles. The van der Waals surface area contributed by atoms with Crippen molar-refractivity contribution in [3.05, 3.63) is 46.3 Å². The van der Waals surface area contributed by atoms with Crippen LogP contribution >= 0.6 is 11.3 Å². The van der Waals surface area contributed by atoms with Crippen molar-refractivity contribution in [3.63, 3.8) is 0 Å². The first kappa shape index (κ1) is 14.0. The van der Waals surface area contributed by atoms with E-state index in [1.807, 2.05) is 6.20 Å². The summed E-state index contributed by atoms with van der Waals surface area (Å²) >= 11 is 1.73. The van der Waals surface area contributed by atoms with E-state index in [1.165, 1.54) is 11.1 Å². The zero-order chi connectivity index (χ0) is 13.7. The van der Waals surface area contributed by atoms with Crippen LogP contribution in [-0.2, 0) is 13.1 Å². The minimum absolute atomic E-state index is 0.501. The number of nitrogens with one attached hydrogen (secondary N) is 1. The Hall–Kier alpha value is -1.39. The van der Waals surface area contributed by atoms with Crippen LogP contribution < -0.4 is 10.2 Å². The number of anilines is 1. The van der Waals surface area contributed by atoms with E-state index >= 15 is 0 Å². The highest BCUT2D eigenvalue weighted by Crippen LogP contribution is 2.15. The van der Waals surface area contributed by atoms with E-state index < -0.39 is 0 Å². The molecule has 2 aromatic heterocycles. The highest BCUT2D eigenvalue weighted by Gasteiger charge is 2.04. The summed E-state index contributed by atoms with van der Waals surface area (Å²) in [5, 5.41) is 7.68. The van der Waals surface area contributed by atoms with Crippen molar-refractivity contribution in [1.29, 1.82) is 0 Å². The molecule has 0 fully saturated rings. The summed E-state index contributed by atoms with van der Waals surface area (Å²) in [5.74, 6) is 1.01. The standard InChI is InChI=1S/C15H21N3S/c1-12(2)16-8-13-4-5-15(17-9-13)18(3)10-14-6-7-19-11-14/h4-7,9,11-12,16H,8,10H2,1-3H3. The fourth-order valence-corrected chi connectivity index (χ4v) is 2.47. The Morgan fingerprint density at radius 2 is 2.11 bits per heavy atom. The first-order valence-electron chi connectivity index (χ1n) is 6.55. The third-order valence-corrected chi connectivity index (χ3v) is 3.65. The minimum atomic E-state index is 0.501. The SMILES string of the molecule is CC(C)NCc1ccc(N(C)Cc2ccsc2)nc1. The number of rotatable bonds is 6. The molecule has 19 heavy (non-hydrogen) atoms. The fourth-order valence-electron chi connectivity index (χ4n) is 1.81. The summed E-state index contributed by atoms with van der Waals surface area (Å²) in [7, 11) is 2.08. The van der Waals surface area contributed by atoms with Gasteiger partial charge in [-0.3, -0.25) is 0 Å². The van der Waals surface area contributed by atoms with Crippen LogP contribution in [0.5, 0.6) is 0 Å². The number of thiophene rings is 1. The molecule has 0 aliphatic carbocycles. The lowest BCUT2D eigenvalue weighted by Gasteiger charge is -2.17. The lowest BCUT2D eigenvalue weighted by molar-refractivity contribution is 0.588. The predicted octanol–water partition coefficient (Wildman–Crippen LogP) is 3.28. The van der Waals surface area contributed by atoms with E-state index in [9.17, 15) is 0 Å². The summed E-state index contributed by atoms with van der Waals surface area (Å²) in [6.07, 6.45) is 1.95. The summed E-state index contributed by atoms with van der Waals surface area (Å²) < 4.78 is 0. The predicted molar refractivity (Wildman–Crippen MR) is 82.6 cm³/mol. The van der Waals surface area contributed by atoms with Crippen LogP contribution in [0.1, 0.15) is 25.0 Å². The first-order valence-corrected chi connectivity index (χ1v) is 7.50. The Morgan fingerprint density at radius 1 is 1.26 bits per heavy atom. The lowest BCUT2D eigenvalue weighted by Crippen LogP contribution is -2.22. The largest absolute Gasteiger partial charge is 0.355 e. The van der Waals surface area contributed by atoms with Gasteiger partial charge in [-0.2, -0.15) is 11.3 Å². The van der Waals surface area contributed by atoms with Crippen molar-refractivity contribution in [3.8, 4) is 0 Å². The Bertz CT molecular complexity index is 477. The molecule has 0 radical (unpaired) electrons. The molecule has 0 amide bonds. The first-order chi connectivity index (χ1) is 9.15. The molecule has 4 heteroatoms. The molecule has 0 saturated heterocycles. The van der Waals surface area contributed by atoms with Gasteiger partial charge in [0.05, 0.1) is 0 Å². The monoisotopic (exact) mass is 275 g/mol. The summed E-state index contributed by atoms with van der Waals surface area (Å²) in [4.78, 5) is 6.69. The zero-order valence-electron chi connectivity index (χ0n) is 11.8. The number of hydrogen-bond donors (Lipinski definition) is 1. The van der Waals surface area contributed by atoms with Gasteiger partial charge < -0.3 is 10.2 Å². The quantitative estimate of drug-likeness (QED) is 0.877. The Morgan fingerprint density at radius 3 is 2.68 bits per heavy atom. The number of pyridine rings is 1. The van der Waals surface area contributed by atoms with Crippen LogP contribution in [0.15, 0.2) is 35.2 Å². The van der Waals surface area contributed by atoms with E-state index in [0.717, 1.165) is 18.9 Å². The van der Waals surface area contributed by atoms with E-state index in [0.29, 0.717) is 6.04 Å². The van der Waals surface area contributed by atoms with Crippen LogP contribution in [-0.4, -0.2) is 18.1 Å². The summed E-state index contributed by atoms with van der Waals surface area (Å²) in [5.41, 5.74) is 2.56. The van der Waals surface area contributed by atoms with Crippen molar-refractivity contribution in [2.45, 2.75) is 33.0 Å². The van der Waals surface area contributed by atoms with Crippen LogP contribution in [0.25, 0.3) is 0 Å². The fraction of sp³-hybridized carbons (Fsp3) is 0.400. The molecule has 0 bridgehead atoms. The third kappa shape index (κ3) is 4.33. The molecule has 0 atom stereocenters. The van der Waals surface area contributed by atoms with Gasteiger partial charge in [-0.1, -0.05) is 19.9 Å². The van der Waals surface area contributed by atoms with Gasteiger partial charge in [-0.15, -0.1) is 0 Å². The second-order valence-electron chi connectivity index (χ2n) is 5.05. The number of hydrogen-bond acceptors (Lipinski definition) is 4. The van der Waals surface area contributed by atoms with Crippen LogP contribution in [0.4, 0.5) is 5.82 Å². The molecule has 102 valence electrons. The number of nitrogens with zero attached hydrogens (tertiary/aromatic N) is 2. The Balaban J connectivity index is 1.93. The van der Waals surface area contributed by atoms with Gasteiger partial charge in [0.15, 0.2) is 0 Å². The van der Waals surface area contributed by atoms with Gasteiger partial charge in [-0.25, -0.2) is 4.98 Å². The van der Waals surface area contributed by atoms with E-state index in [1.54, 1.807) is 11.3 Å². The molecule has 2 aromatic rings. The lowest BCUT2D eigenvalue weighted by atomic mass is 10.2. The zero-order valence-corrected chi connectivity index (χ0v) is 12.6. The molecule has 2 heterocycles. The number of aromatic nitrogens is 1. The smallest absolute Gasteiger partial charge is 0.128 e. The highest BCUT2D eigenvalue weighted by atomic mass is 32.1. The van der Waals surface area contributed by atoms with Gasteiger partial charge in [-0.05, 0) is 34.0 Å².